The first-order valence-electron chi connectivity index (χ1n) is 14.8. The molecule has 3 saturated carbocycles. The maximum Gasteiger partial charge on any atom is 0.188 e. The second kappa shape index (κ2) is 9.87. The number of benzene rings is 1. The monoisotopic (exact) mass is 572 g/mol. The van der Waals surface area contributed by atoms with Crippen molar-refractivity contribution in [1.29, 1.82) is 0 Å². The molecule has 8 heteroatoms. The highest BCUT2D eigenvalue weighted by atomic mass is 32.2. The molecule has 214 valence electrons. The van der Waals surface area contributed by atoms with Crippen LogP contribution in [0.5, 0.6) is 0 Å². The summed E-state index contributed by atoms with van der Waals surface area (Å²) < 4.78 is 15.5. The summed E-state index contributed by atoms with van der Waals surface area (Å²) >= 11 is 1.43. The molecule has 1 N–H and O–H groups in total. The number of fused-ring (bicyclic) bond motifs is 6. The summed E-state index contributed by atoms with van der Waals surface area (Å²) in [6.07, 6.45) is 11.0. The van der Waals surface area contributed by atoms with Crippen molar-refractivity contribution < 1.29 is 14.3 Å². The summed E-state index contributed by atoms with van der Waals surface area (Å²) in [6.45, 7) is 6.56. The van der Waals surface area contributed by atoms with Crippen LogP contribution in [0.15, 0.2) is 53.5 Å². The highest BCUT2D eigenvalue weighted by Crippen LogP contribution is 2.66. The molecule has 2 aromatic heterocycles. The van der Waals surface area contributed by atoms with Gasteiger partial charge in [-0.3, -0.25) is 4.79 Å². The molecule has 4 aliphatic carbocycles. The van der Waals surface area contributed by atoms with E-state index in [0.29, 0.717) is 29.2 Å². The number of allylic oxidation sites excluding steroid dienone is 1. The molecule has 1 aromatic carbocycles. The number of aliphatic hydroxyl groups is 1. The maximum absolute atomic E-state index is 13.6. The third-order valence-electron chi connectivity index (χ3n) is 11.0. The van der Waals surface area contributed by atoms with Crippen molar-refractivity contribution in [3.05, 3.63) is 71.1 Å². The van der Waals surface area contributed by atoms with Crippen LogP contribution in [0, 0.1) is 47.2 Å². The lowest BCUT2D eigenvalue weighted by Gasteiger charge is -2.59. The number of Topliss-reactive ketones (excluding diaryl/α,β-unsaturated/α-hetero) is 1. The lowest BCUT2D eigenvalue weighted by molar-refractivity contribution is -0.140. The number of rotatable bonds is 5. The van der Waals surface area contributed by atoms with E-state index in [-0.39, 0.29) is 34.3 Å². The van der Waals surface area contributed by atoms with Crippen molar-refractivity contribution >= 4 is 23.6 Å². The minimum absolute atomic E-state index is 0.0305. The molecule has 3 aromatic rings. The summed E-state index contributed by atoms with van der Waals surface area (Å²) in [4.78, 5) is 22.4. The van der Waals surface area contributed by atoms with Crippen LogP contribution in [0.2, 0.25) is 0 Å². The summed E-state index contributed by atoms with van der Waals surface area (Å²) in [5.41, 5.74) is 5.06. The Morgan fingerprint density at radius 1 is 1.17 bits per heavy atom. The van der Waals surface area contributed by atoms with E-state index in [4.69, 9.17) is 0 Å². The Kier molecular flexibility index (Phi) is 6.51. The average Bonchev–Trinajstić information content (AvgIpc) is 3.50. The Balaban J connectivity index is 1.13. The molecule has 41 heavy (non-hydrogen) atoms. The molecule has 7 unspecified atom stereocenters. The van der Waals surface area contributed by atoms with E-state index in [1.54, 1.807) is 18.3 Å². The van der Waals surface area contributed by atoms with Crippen molar-refractivity contribution in [2.24, 2.45) is 34.5 Å². The summed E-state index contributed by atoms with van der Waals surface area (Å²) in [5, 5.41) is 17.2. The first-order valence-corrected chi connectivity index (χ1v) is 15.8. The molecule has 6 nitrogen and oxygen atoms in total. The highest BCUT2D eigenvalue weighted by Gasteiger charge is 2.63. The van der Waals surface area contributed by atoms with Gasteiger partial charge in [-0.15, -0.1) is 0 Å². The van der Waals surface area contributed by atoms with Crippen LogP contribution in [-0.2, 0) is 11.2 Å². The fourth-order valence-electron chi connectivity index (χ4n) is 9.23. The van der Waals surface area contributed by atoms with Gasteiger partial charge in [0.05, 0.1) is 29.4 Å². The average molecular weight is 573 g/mol. The van der Waals surface area contributed by atoms with Gasteiger partial charge in [0.25, 0.3) is 0 Å². The zero-order valence-electron chi connectivity index (χ0n) is 23.9. The van der Waals surface area contributed by atoms with Gasteiger partial charge in [-0.2, -0.15) is 5.10 Å². The van der Waals surface area contributed by atoms with Gasteiger partial charge in [-0.1, -0.05) is 31.2 Å². The molecule has 0 aliphatic heterocycles. The molecular formula is C33H37FN4O2S. The first kappa shape index (κ1) is 27.0. The third kappa shape index (κ3) is 4.32. The van der Waals surface area contributed by atoms with Crippen LogP contribution < -0.4 is 0 Å². The van der Waals surface area contributed by atoms with Gasteiger partial charge in [-0.05, 0) is 116 Å². The molecule has 2 heterocycles. The second-order valence-corrected chi connectivity index (χ2v) is 14.1. The highest BCUT2D eigenvalue weighted by molar-refractivity contribution is 7.99. The van der Waals surface area contributed by atoms with Crippen LogP contribution in [0.4, 0.5) is 4.39 Å². The number of aryl methyl sites for hydroxylation is 1. The van der Waals surface area contributed by atoms with E-state index >= 15 is 0 Å². The number of halogens is 1. The van der Waals surface area contributed by atoms with Gasteiger partial charge in [0.1, 0.15) is 11.6 Å². The number of hydrogen-bond donors (Lipinski definition) is 1. The molecule has 0 radical (unpaired) electrons. The van der Waals surface area contributed by atoms with Crippen molar-refractivity contribution in [2.75, 3.05) is 5.75 Å². The number of carbonyl (C=O) groups excluding carboxylic acids is 1. The SMILES string of the molecule is Cc1ccnc(SCC(=O)C2CCC3C4CCC5=Cc6c(cnn6-c6ccc(F)cc6)CC5(C)C4C(O)CC23C)n1. The Morgan fingerprint density at radius 2 is 1.98 bits per heavy atom. The molecule has 0 bridgehead atoms. The lowest BCUT2D eigenvalue weighted by Crippen LogP contribution is -2.57. The van der Waals surface area contributed by atoms with E-state index in [0.717, 1.165) is 49.2 Å². The fourth-order valence-corrected chi connectivity index (χ4v) is 10.0. The van der Waals surface area contributed by atoms with E-state index in [1.807, 2.05) is 23.9 Å². The molecule has 0 spiro atoms. The van der Waals surface area contributed by atoms with Crippen molar-refractivity contribution in [3.63, 3.8) is 0 Å². The normalized spacial score (nSPS) is 33.8. The quantitative estimate of drug-likeness (QED) is 0.288. The Labute approximate surface area is 244 Å². The zero-order valence-corrected chi connectivity index (χ0v) is 24.7. The molecule has 0 saturated heterocycles. The number of nitrogens with zero attached hydrogens (tertiary/aromatic N) is 4. The minimum Gasteiger partial charge on any atom is -0.393 e. The van der Waals surface area contributed by atoms with Gasteiger partial charge < -0.3 is 5.11 Å². The van der Waals surface area contributed by atoms with Crippen LogP contribution in [0.25, 0.3) is 11.8 Å². The predicted molar refractivity (Wildman–Crippen MR) is 157 cm³/mol. The predicted octanol–water partition coefficient (Wildman–Crippen LogP) is 6.24. The summed E-state index contributed by atoms with van der Waals surface area (Å²) in [6, 6.07) is 8.34. The number of ketones is 1. The van der Waals surface area contributed by atoms with Crippen LogP contribution in [0.1, 0.15) is 62.9 Å². The largest absolute Gasteiger partial charge is 0.393 e. The van der Waals surface area contributed by atoms with E-state index in [1.165, 1.54) is 35.0 Å². The second-order valence-electron chi connectivity index (χ2n) is 13.2. The Morgan fingerprint density at radius 3 is 2.76 bits per heavy atom. The van der Waals surface area contributed by atoms with E-state index in [9.17, 15) is 14.3 Å². The van der Waals surface area contributed by atoms with Crippen molar-refractivity contribution in [1.82, 2.24) is 19.7 Å². The molecular weight excluding hydrogens is 535 g/mol. The van der Waals surface area contributed by atoms with Gasteiger partial charge in [0.2, 0.25) is 0 Å². The van der Waals surface area contributed by atoms with Crippen molar-refractivity contribution in [2.45, 2.75) is 70.6 Å². The number of aromatic nitrogens is 4. The van der Waals surface area contributed by atoms with Crippen LogP contribution >= 0.6 is 11.8 Å². The van der Waals surface area contributed by atoms with Crippen LogP contribution in [-0.4, -0.2) is 42.5 Å². The minimum atomic E-state index is -0.454. The summed E-state index contributed by atoms with van der Waals surface area (Å²) in [7, 11) is 0. The first-order chi connectivity index (χ1) is 19.7. The lowest BCUT2D eigenvalue weighted by atomic mass is 9.46. The molecule has 4 aliphatic rings. The van der Waals surface area contributed by atoms with E-state index in [2.05, 4.69) is 35.0 Å². The van der Waals surface area contributed by atoms with Crippen LogP contribution in [0.3, 0.4) is 0 Å². The standard InChI is InChI=1S/C33H37FN4O2S/c1-19-12-13-35-31(37-19)41-18-29(40)26-11-10-25-24-9-4-21-14-27-20(17-36-38(27)23-7-5-22(34)6-8-23)15-32(21,2)30(24)28(39)16-33(25,26)3/h5-8,12-14,17,24-26,28,30,39H,4,9-11,15-16,18H2,1-3H3. The Bertz CT molecular complexity index is 1540. The third-order valence-corrected chi connectivity index (χ3v) is 11.9. The Hall–Kier alpha value is -2.84. The maximum atomic E-state index is 13.6. The van der Waals surface area contributed by atoms with Gasteiger partial charge in [0, 0.05) is 17.8 Å². The summed E-state index contributed by atoms with van der Waals surface area (Å²) in [5.74, 6) is 1.35. The van der Waals surface area contributed by atoms with Gasteiger partial charge in [-0.25, -0.2) is 19.0 Å². The fraction of sp³-hybridized carbons (Fsp3) is 0.515. The van der Waals surface area contributed by atoms with Gasteiger partial charge in [0.15, 0.2) is 5.16 Å². The molecule has 7 rings (SSSR count). The number of carbonyl (C=O) groups is 1. The van der Waals surface area contributed by atoms with Crippen molar-refractivity contribution in [3.8, 4) is 5.69 Å². The van der Waals surface area contributed by atoms with E-state index < -0.39 is 6.10 Å². The molecule has 7 atom stereocenters. The molecule has 0 amide bonds. The number of hydrogen-bond acceptors (Lipinski definition) is 6. The smallest absolute Gasteiger partial charge is 0.188 e. The number of thioether (sulfide) groups is 1. The topological polar surface area (TPSA) is 80.9 Å². The zero-order chi connectivity index (χ0) is 28.5. The number of aliphatic hydroxyl groups excluding tert-OH is 1. The molecule has 3 fully saturated rings. The van der Waals surface area contributed by atoms with Gasteiger partial charge >= 0.3 is 0 Å².